The molecule has 72 valence electrons. The van der Waals surface area contributed by atoms with Crippen LogP contribution in [0.3, 0.4) is 0 Å². The van der Waals surface area contributed by atoms with Gasteiger partial charge < -0.3 is 5.11 Å². The lowest BCUT2D eigenvalue weighted by atomic mass is 9.61. The molecule has 0 aliphatic rings. The predicted octanol–water partition coefficient (Wildman–Crippen LogP) is 0.775. The molecule has 3 nitrogen and oxygen atoms in total. The third-order valence-corrected chi connectivity index (χ3v) is 2.81. The SMILES string of the molecule is [B]C([B])(O)c1cc(Br)c2cn(C)nc2c1. The summed E-state index contributed by atoms with van der Waals surface area (Å²) in [6, 6.07) is 3.35. The van der Waals surface area contributed by atoms with Gasteiger partial charge in [-0.3, -0.25) is 4.68 Å². The Bertz CT molecular complexity index is 519. The van der Waals surface area contributed by atoms with Crippen molar-refractivity contribution in [3.05, 3.63) is 28.4 Å². The molecule has 0 unspecified atom stereocenters. The van der Waals surface area contributed by atoms with Crippen LogP contribution in [0.2, 0.25) is 0 Å². The molecule has 4 radical (unpaired) electrons. The van der Waals surface area contributed by atoms with Crippen LogP contribution in [0.4, 0.5) is 0 Å². The molecule has 0 amide bonds. The summed E-state index contributed by atoms with van der Waals surface area (Å²) < 4.78 is 2.49. The molecule has 15 heavy (non-hydrogen) atoms. The van der Waals surface area contributed by atoms with E-state index >= 15 is 0 Å². The zero-order valence-electron chi connectivity index (χ0n) is 8.11. The van der Waals surface area contributed by atoms with Crippen LogP contribution < -0.4 is 0 Å². The third kappa shape index (κ3) is 1.96. The van der Waals surface area contributed by atoms with Crippen molar-refractivity contribution in [2.24, 2.45) is 7.05 Å². The van der Waals surface area contributed by atoms with Gasteiger partial charge in [0.1, 0.15) is 15.7 Å². The van der Waals surface area contributed by atoms with Gasteiger partial charge in [0.25, 0.3) is 0 Å². The Hall–Kier alpha value is -0.740. The number of halogens is 1. The van der Waals surface area contributed by atoms with Crippen molar-refractivity contribution in [2.45, 2.75) is 5.40 Å². The van der Waals surface area contributed by atoms with E-state index < -0.39 is 5.40 Å². The quantitative estimate of drug-likeness (QED) is 0.770. The van der Waals surface area contributed by atoms with Gasteiger partial charge in [-0.2, -0.15) is 5.10 Å². The van der Waals surface area contributed by atoms with Crippen LogP contribution >= 0.6 is 15.9 Å². The van der Waals surface area contributed by atoms with Gasteiger partial charge in [0.2, 0.25) is 0 Å². The lowest BCUT2D eigenvalue weighted by molar-refractivity contribution is 0.217. The molecule has 2 rings (SSSR count). The Labute approximate surface area is 98.4 Å². The second kappa shape index (κ2) is 3.39. The van der Waals surface area contributed by atoms with Crippen LogP contribution in [0.15, 0.2) is 22.8 Å². The summed E-state index contributed by atoms with van der Waals surface area (Å²) in [4.78, 5) is 0. The molecule has 0 saturated heterocycles. The first-order chi connectivity index (χ1) is 6.88. The highest BCUT2D eigenvalue weighted by Crippen LogP contribution is 2.27. The van der Waals surface area contributed by atoms with E-state index in [0.717, 1.165) is 15.4 Å². The summed E-state index contributed by atoms with van der Waals surface area (Å²) in [6.07, 6.45) is 1.87. The smallest absolute Gasteiger partial charge is 0.105 e. The first-order valence-corrected chi connectivity index (χ1v) is 5.11. The van der Waals surface area contributed by atoms with E-state index in [-0.39, 0.29) is 0 Å². The lowest BCUT2D eigenvalue weighted by Crippen LogP contribution is -2.25. The van der Waals surface area contributed by atoms with Gasteiger partial charge in [-0.15, -0.1) is 0 Å². The van der Waals surface area contributed by atoms with E-state index in [1.165, 1.54) is 0 Å². The zero-order chi connectivity index (χ0) is 11.2. The van der Waals surface area contributed by atoms with Crippen molar-refractivity contribution in [1.82, 2.24) is 9.78 Å². The van der Waals surface area contributed by atoms with E-state index in [1.54, 1.807) is 16.8 Å². The minimum Gasteiger partial charge on any atom is -0.405 e. The largest absolute Gasteiger partial charge is 0.405 e. The van der Waals surface area contributed by atoms with E-state index in [1.807, 2.05) is 13.2 Å². The van der Waals surface area contributed by atoms with Gasteiger partial charge in [-0.1, -0.05) is 15.9 Å². The second-order valence-electron chi connectivity index (χ2n) is 3.52. The van der Waals surface area contributed by atoms with Crippen molar-refractivity contribution < 1.29 is 5.11 Å². The fraction of sp³-hybridized carbons (Fsp3) is 0.222. The van der Waals surface area contributed by atoms with Crippen molar-refractivity contribution in [3.63, 3.8) is 0 Å². The summed E-state index contributed by atoms with van der Waals surface area (Å²) in [5.41, 5.74) is 1.15. The van der Waals surface area contributed by atoms with E-state index in [9.17, 15) is 5.11 Å². The summed E-state index contributed by atoms with van der Waals surface area (Å²) >= 11 is 3.38. The Morgan fingerprint density at radius 2 is 2.13 bits per heavy atom. The number of nitrogens with zero attached hydrogens (tertiary/aromatic N) is 2. The Balaban J connectivity index is 2.72. The van der Waals surface area contributed by atoms with Gasteiger partial charge in [-0.25, -0.2) is 0 Å². The first-order valence-electron chi connectivity index (χ1n) is 4.31. The molecule has 1 N–H and O–H groups in total. The zero-order valence-corrected chi connectivity index (χ0v) is 9.69. The van der Waals surface area contributed by atoms with Crippen molar-refractivity contribution in [2.75, 3.05) is 0 Å². The Morgan fingerprint density at radius 1 is 1.47 bits per heavy atom. The molecule has 0 atom stereocenters. The molecule has 0 saturated carbocycles. The standard InChI is InChI=1S/C9H7B2BrN2O/c1-14-4-6-7(12)2-5(9(10,11)15)3-8(6)13-14/h2-4,15H,1H3. The van der Waals surface area contributed by atoms with Gasteiger partial charge >= 0.3 is 0 Å². The maximum absolute atomic E-state index is 9.48. The summed E-state index contributed by atoms with van der Waals surface area (Å²) in [5, 5.41) is 12.8. The average molecular weight is 261 g/mol. The number of aliphatic hydroxyl groups is 1. The molecule has 1 aromatic heterocycles. The summed E-state index contributed by atoms with van der Waals surface area (Å²) in [6.45, 7) is 0. The molecule has 6 heteroatoms. The van der Waals surface area contributed by atoms with Gasteiger partial charge in [0.15, 0.2) is 0 Å². The summed E-state index contributed by atoms with van der Waals surface area (Å²) in [7, 11) is 12.6. The molecule has 0 aliphatic carbocycles. The van der Waals surface area contributed by atoms with Gasteiger partial charge in [0.05, 0.1) is 5.52 Å². The molecule has 0 spiro atoms. The summed E-state index contributed by atoms with van der Waals surface area (Å²) in [5.74, 6) is 0. The van der Waals surface area contributed by atoms with Gasteiger partial charge in [0, 0.05) is 28.5 Å². The van der Waals surface area contributed by atoms with Crippen LogP contribution in [0.1, 0.15) is 5.56 Å². The van der Waals surface area contributed by atoms with E-state index in [2.05, 4.69) is 21.0 Å². The number of hydrogen-bond acceptors (Lipinski definition) is 2. The first kappa shape index (κ1) is 10.8. The Kier molecular flexibility index (Phi) is 2.43. The highest BCUT2D eigenvalue weighted by molar-refractivity contribution is 9.10. The minimum absolute atomic E-state index is 0.417. The van der Waals surface area contributed by atoms with Crippen LogP contribution in [-0.2, 0) is 12.4 Å². The maximum atomic E-state index is 9.48. The van der Waals surface area contributed by atoms with Crippen molar-refractivity contribution in [1.29, 1.82) is 0 Å². The minimum atomic E-state index is -1.84. The number of aromatic nitrogens is 2. The number of hydrogen-bond donors (Lipinski definition) is 1. The van der Waals surface area contributed by atoms with Crippen molar-refractivity contribution >= 4 is 42.5 Å². The molecule has 1 heterocycles. The second-order valence-corrected chi connectivity index (χ2v) is 4.37. The molecule has 0 fully saturated rings. The molecule has 0 bridgehead atoms. The maximum Gasteiger partial charge on any atom is 0.105 e. The van der Waals surface area contributed by atoms with Crippen LogP contribution in [0, 0.1) is 0 Å². The third-order valence-electron chi connectivity index (χ3n) is 2.15. The normalized spacial score (nSPS) is 12.2. The molecule has 1 aromatic carbocycles. The molecular formula is C9H7B2BrN2O. The monoisotopic (exact) mass is 260 g/mol. The topological polar surface area (TPSA) is 38.0 Å². The Morgan fingerprint density at radius 3 is 2.73 bits per heavy atom. The van der Waals surface area contributed by atoms with Crippen LogP contribution in [-0.4, -0.2) is 30.6 Å². The van der Waals surface area contributed by atoms with E-state index in [0.29, 0.717) is 5.56 Å². The highest BCUT2D eigenvalue weighted by Gasteiger charge is 2.17. The molecule has 2 aromatic rings. The molecular weight excluding hydrogens is 254 g/mol. The number of rotatable bonds is 1. The number of aryl methyl sites for hydroxylation is 1. The van der Waals surface area contributed by atoms with Gasteiger partial charge in [-0.05, 0) is 17.7 Å². The van der Waals surface area contributed by atoms with Crippen LogP contribution in [0.25, 0.3) is 10.9 Å². The number of benzene rings is 1. The number of fused-ring (bicyclic) bond motifs is 1. The predicted molar refractivity (Wildman–Crippen MR) is 63.8 cm³/mol. The fourth-order valence-electron chi connectivity index (χ4n) is 1.43. The average Bonchev–Trinajstić information content (AvgIpc) is 2.44. The fourth-order valence-corrected chi connectivity index (χ4v) is 1.98. The highest BCUT2D eigenvalue weighted by atomic mass is 79.9. The van der Waals surface area contributed by atoms with E-state index in [4.69, 9.17) is 15.7 Å². The molecule has 0 aliphatic heterocycles. The lowest BCUT2D eigenvalue weighted by Gasteiger charge is -2.19. The van der Waals surface area contributed by atoms with Crippen LogP contribution in [0.5, 0.6) is 0 Å². The van der Waals surface area contributed by atoms with Crippen molar-refractivity contribution in [3.8, 4) is 0 Å².